The van der Waals surface area contributed by atoms with Crippen LogP contribution in [0.2, 0.25) is 0 Å². The summed E-state index contributed by atoms with van der Waals surface area (Å²) in [6.45, 7) is 0. The molecule has 2 heterocycles. The van der Waals surface area contributed by atoms with Gasteiger partial charge in [0.2, 0.25) is 0 Å². The summed E-state index contributed by atoms with van der Waals surface area (Å²) >= 11 is 0. The number of aromatic nitrogens is 2. The van der Waals surface area contributed by atoms with Gasteiger partial charge in [-0.1, -0.05) is 42.5 Å². The van der Waals surface area contributed by atoms with Gasteiger partial charge < -0.3 is 0 Å². The van der Waals surface area contributed by atoms with E-state index in [1.165, 1.54) is 21.7 Å². The molecular weight excluding hydrogens is 323 g/mol. The molecule has 2 aromatic heterocycles. The van der Waals surface area contributed by atoms with E-state index in [2.05, 4.69) is 57.9 Å². The Hall–Kier alpha value is -1.48. The van der Waals surface area contributed by atoms with Gasteiger partial charge in [-0.2, -0.15) is 0 Å². The molecule has 86 valence electrons. The molecule has 0 N–H and O–H groups in total. The Morgan fingerprint density at radius 3 is 2.28 bits per heavy atom. The summed E-state index contributed by atoms with van der Waals surface area (Å²) in [5, 5.41) is 3.74. The summed E-state index contributed by atoms with van der Waals surface area (Å²) < 4.78 is 2.15. The Morgan fingerprint density at radius 1 is 0.778 bits per heavy atom. The third kappa shape index (κ3) is 1.47. The molecule has 0 aliphatic carbocycles. The van der Waals surface area contributed by atoms with E-state index >= 15 is 0 Å². The van der Waals surface area contributed by atoms with E-state index in [0.717, 1.165) is 5.65 Å². The van der Waals surface area contributed by atoms with E-state index in [0.29, 0.717) is 0 Å². The molecule has 0 amide bonds. The SMILES string of the molecule is [InH3].c1ccc2c(c1)c1ccccc1n1ccnc21. The van der Waals surface area contributed by atoms with Gasteiger partial charge in [0.1, 0.15) is 5.65 Å². The van der Waals surface area contributed by atoms with Crippen molar-refractivity contribution in [1.82, 2.24) is 9.38 Å². The van der Waals surface area contributed by atoms with Crippen LogP contribution in [-0.2, 0) is 0 Å². The minimum absolute atomic E-state index is 0. The molecule has 0 saturated heterocycles. The van der Waals surface area contributed by atoms with Gasteiger partial charge in [0, 0.05) is 23.2 Å². The number of nitrogens with zero attached hydrogens (tertiary/aromatic N) is 2. The van der Waals surface area contributed by atoms with Crippen LogP contribution in [0.4, 0.5) is 0 Å². The first-order chi connectivity index (χ1) is 8.45. The van der Waals surface area contributed by atoms with Crippen LogP contribution in [0.15, 0.2) is 60.9 Å². The van der Waals surface area contributed by atoms with Gasteiger partial charge in [0.15, 0.2) is 0 Å². The molecule has 0 aliphatic heterocycles. The maximum Gasteiger partial charge on any atom is 0.145 e. The van der Waals surface area contributed by atoms with Crippen LogP contribution < -0.4 is 0 Å². The first-order valence-electron chi connectivity index (χ1n) is 5.68. The normalized spacial score (nSPS) is 10.9. The van der Waals surface area contributed by atoms with Crippen LogP contribution in [0, 0.1) is 0 Å². The molecule has 4 rings (SSSR count). The molecule has 3 heteroatoms. The fourth-order valence-electron chi connectivity index (χ4n) is 2.52. The minimum Gasteiger partial charge on any atom is -0.299 e. The van der Waals surface area contributed by atoms with Crippen molar-refractivity contribution >= 4 is 53.2 Å². The summed E-state index contributed by atoms with van der Waals surface area (Å²) in [4.78, 5) is 4.46. The van der Waals surface area contributed by atoms with E-state index in [4.69, 9.17) is 0 Å². The molecule has 0 atom stereocenters. The Bertz CT molecular complexity index is 779. The van der Waals surface area contributed by atoms with Crippen LogP contribution in [0.1, 0.15) is 0 Å². The summed E-state index contributed by atoms with van der Waals surface area (Å²) in [6, 6.07) is 16.9. The quantitative estimate of drug-likeness (QED) is 0.451. The number of hydrogen-bond acceptors (Lipinski definition) is 1. The average Bonchev–Trinajstić information content (AvgIpc) is 2.89. The Kier molecular flexibility index (Phi) is 2.78. The summed E-state index contributed by atoms with van der Waals surface area (Å²) in [7, 11) is 0. The van der Waals surface area contributed by atoms with Crippen molar-refractivity contribution in [2.45, 2.75) is 0 Å². The first-order valence-corrected chi connectivity index (χ1v) is 5.68. The van der Waals surface area contributed by atoms with Crippen LogP contribution >= 0.6 is 0 Å². The summed E-state index contributed by atoms with van der Waals surface area (Å²) in [5.74, 6) is 0. The second-order valence-corrected chi connectivity index (χ2v) is 4.18. The molecule has 0 saturated carbocycles. The maximum atomic E-state index is 4.46. The monoisotopic (exact) mass is 336 g/mol. The molecular formula is C15H13InN2. The van der Waals surface area contributed by atoms with E-state index in [9.17, 15) is 0 Å². The van der Waals surface area contributed by atoms with Crippen molar-refractivity contribution in [2.24, 2.45) is 0 Å². The zero-order valence-electron chi connectivity index (χ0n) is 9.17. The Morgan fingerprint density at radius 2 is 1.44 bits per heavy atom. The molecule has 0 aliphatic rings. The summed E-state index contributed by atoms with van der Waals surface area (Å²) in [6.07, 6.45) is 3.87. The van der Waals surface area contributed by atoms with Crippen molar-refractivity contribution in [2.75, 3.05) is 0 Å². The number of pyridine rings is 1. The molecule has 0 bridgehead atoms. The molecule has 2 aromatic carbocycles. The number of hydrogen-bond donors (Lipinski definition) is 0. The number of fused-ring (bicyclic) bond motifs is 6. The molecule has 18 heavy (non-hydrogen) atoms. The Labute approximate surface area is 123 Å². The van der Waals surface area contributed by atoms with Crippen molar-refractivity contribution in [3.63, 3.8) is 0 Å². The van der Waals surface area contributed by atoms with Crippen molar-refractivity contribution in [3.8, 4) is 0 Å². The number of rotatable bonds is 0. The predicted molar refractivity (Wildman–Crippen MR) is 80.1 cm³/mol. The van der Waals surface area contributed by atoms with Gasteiger partial charge in [-0.25, -0.2) is 4.98 Å². The molecule has 0 spiro atoms. The van der Waals surface area contributed by atoms with Crippen LogP contribution in [0.25, 0.3) is 27.3 Å². The van der Waals surface area contributed by atoms with Crippen molar-refractivity contribution in [3.05, 3.63) is 60.9 Å². The topological polar surface area (TPSA) is 17.3 Å². The van der Waals surface area contributed by atoms with Gasteiger partial charge >= 0.3 is 25.8 Å². The van der Waals surface area contributed by atoms with Crippen LogP contribution in [0.5, 0.6) is 0 Å². The number of imidazole rings is 1. The van der Waals surface area contributed by atoms with Gasteiger partial charge in [-0.15, -0.1) is 0 Å². The molecule has 4 aromatic rings. The fourth-order valence-corrected chi connectivity index (χ4v) is 2.52. The fraction of sp³-hybridized carbons (Fsp3) is 0. The standard InChI is InChI=1S/C15H10N2.In.3H/c1-2-7-13-11(5-1)12-6-3-4-8-14(12)17-10-9-16-15(13)17;;;;/h1-10H;;;;. The molecule has 0 radical (unpaired) electrons. The van der Waals surface area contributed by atoms with Gasteiger partial charge in [0.05, 0.1) is 5.52 Å². The third-order valence-electron chi connectivity index (χ3n) is 3.26. The number of benzene rings is 2. The molecule has 0 unspecified atom stereocenters. The van der Waals surface area contributed by atoms with Crippen LogP contribution in [0.3, 0.4) is 0 Å². The first kappa shape index (κ1) is 11.6. The minimum atomic E-state index is 0. The predicted octanol–water partition coefficient (Wildman–Crippen LogP) is 2.46. The van der Waals surface area contributed by atoms with Crippen molar-refractivity contribution in [1.29, 1.82) is 0 Å². The largest absolute Gasteiger partial charge is 0.299 e. The van der Waals surface area contributed by atoms with Crippen molar-refractivity contribution < 1.29 is 0 Å². The molecule has 2 nitrogen and oxygen atoms in total. The zero-order chi connectivity index (χ0) is 11.2. The maximum absolute atomic E-state index is 4.46. The molecule has 0 fully saturated rings. The second kappa shape index (κ2) is 4.32. The van der Waals surface area contributed by atoms with Gasteiger partial charge in [-0.3, -0.25) is 4.40 Å². The summed E-state index contributed by atoms with van der Waals surface area (Å²) in [5.41, 5.74) is 2.23. The smallest absolute Gasteiger partial charge is 0.145 e. The van der Waals surface area contributed by atoms with Gasteiger partial charge in [-0.05, 0) is 11.5 Å². The van der Waals surface area contributed by atoms with Crippen LogP contribution in [-0.4, -0.2) is 35.2 Å². The van der Waals surface area contributed by atoms with E-state index in [1.807, 2.05) is 12.4 Å². The van der Waals surface area contributed by atoms with E-state index in [1.54, 1.807) is 0 Å². The zero-order valence-corrected chi connectivity index (χ0v) is 9.17. The third-order valence-corrected chi connectivity index (χ3v) is 3.26. The number of para-hydroxylation sites is 1. The van der Waals surface area contributed by atoms with Gasteiger partial charge in [0.25, 0.3) is 0 Å². The van der Waals surface area contributed by atoms with E-state index in [-0.39, 0.29) is 25.8 Å². The average molecular weight is 336 g/mol. The van der Waals surface area contributed by atoms with E-state index < -0.39 is 0 Å². The second-order valence-electron chi connectivity index (χ2n) is 4.18. The Balaban J connectivity index is 0.000001000.